The van der Waals surface area contributed by atoms with Crippen molar-refractivity contribution in [1.29, 1.82) is 0 Å². The summed E-state index contributed by atoms with van der Waals surface area (Å²) >= 11 is 1.35. The molecule has 1 aromatic carbocycles. The normalized spacial score (nSPS) is 17.3. The van der Waals surface area contributed by atoms with Crippen LogP contribution in [0.25, 0.3) is 0 Å². The van der Waals surface area contributed by atoms with E-state index in [0.717, 1.165) is 5.56 Å². The third-order valence-corrected chi connectivity index (χ3v) is 5.73. The van der Waals surface area contributed by atoms with Crippen LogP contribution in [0.1, 0.15) is 39.2 Å². The van der Waals surface area contributed by atoms with Crippen molar-refractivity contribution in [2.75, 3.05) is 18.4 Å². The van der Waals surface area contributed by atoms with Gasteiger partial charge in [-0.1, -0.05) is 30.3 Å². The molecule has 0 radical (unpaired) electrons. The number of amides is 3. The van der Waals surface area contributed by atoms with E-state index in [4.69, 9.17) is 4.74 Å². The summed E-state index contributed by atoms with van der Waals surface area (Å²) in [7, 11) is 0. The SMILES string of the molecule is CC(C)(C)OC(=O)NC(Cc1ccccc1)C(=O)N1CCCC(C(=O)Nc2nccs2)C1. The maximum Gasteiger partial charge on any atom is 0.408 e. The van der Waals surface area contributed by atoms with E-state index in [1.165, 1.54) is 11.3 Å². The lowest BCUT2D eigenvalue weighted by molar-refractivity contribution is -0.136. The first kappa shape index (κ1) is 23.7. The highest BCUT2D eigenvalue weighted by Crippen LogP contribution is 2.21. The highest BCUT2D eigenvalue weighted by atomic mass is 32.1. The summed E-state index contributed by atoms with van der Waals surface area (Å²) in [5, 5.41) is 7.90. The van der Waals surface area contributed by atoms with E-state index in [-0.39, 0.29) is 17.7 Å². The summed E-state index contributed by atoms with van der Waals surface area (Å²) in [5.74, 6) is -0.681. The van der Waals surface area contributed by atoms with Gasteiger partial charge in [-0.15, -0.1) is 11.3 Å². The van der Waals surface area contributed by atoms with Crippen LogP contribution < -0.4 is 10.6 Å². The third kappa shape index (κ3) is 7.05. The first-order chi connectivity index (χ1) is 15.2. The standard InChI is InChI=1S/C23H30N4O4S/c1-23(2,3)31-22(30)25-18(14-16-8-5-4-6-9-16)20(29)27-12-7-10-17(15-27)19(28)26-21-24-11-13-32-21/h4-6,8-9,11,13,17-18H,7,10,12,14-15H2,1-3H3,(H,25,30)(H,24,26,28). The molecule has 9 heteroatoms. The number of hydrogen-bond donors (Lipinski definition) is 2. The van der Waals surface area contributed by atoms with Crippen molar-refractivity contribution in [3.63, 3.8) is 0 Å². The summed E-state index contributed by atoms with van der Waals surface area (Å²) in [6.45, 7) is 6.17. The molecule has 2 heterocycles. The van der Waals surface area contributed by atoms with Gasteiger partial charge in [-0.05, 0) is 39.2 Å². The van der Waals surface area contributed by atoms with E-state index in [1.54, 1.807) is 37.2 Å². The minimum atomic E-state index is -0.784. The molecule has 0 bridgehead atoms. The van der Waals surface area contributed by atoms with E-state index in [2.05, 4.69) is 15.6 Å². The minimum absolute atomic E-state index is 0.142. The molecular formula is C23H30N4O4S. The molecule has 1 aliphatic rings. The smallest absolute Gasteiger partial charge is 0.408 e. The number of benzene rings is 1. The topological polar surface area (TPSA) is 101 Å². The zero-order chi connectivity index (χ0) is 23.1. The number of alkyl carbamates (subject to hydrolysis) is 1. The van der Waals surface area contributed by atoms with Crippen molar-refractivity contribution in [2.45, 2.75) is 51.7 Å². The van der Waals surface area contributed by atoms with Crippen LogP contribution >= 0.6 is 11.3 Å². The summed E-state index contributed by atoms with van der Waals surface area (Å²) in [6.07, 6.45) is 2.75. The molecule has 2 atom stereocenters. The Bertz CT molecular complexity index is 912. The molecule has 0 spiro atoms. The molecule has 8 nitrogen and oxygen atoms in total. The number of thiazole rings is 1. The van der Waals surface area contributed by atoms with Crippen LogP contribution in [-0.2, 0) is 20.7 Å². The van der Waals surface area contributed by atoms with Gasteiger partial charge < -0.3 is 20.3 Å². The number of rotatable bonds is 6. The average Bonchev–Trinajstić information content (AvgIpc) is 3.25. The van der Waals surface area contributed by atoms with Gasteiger partial charge in [0.05, 0.1) is 5.92 Å². The van der Waals surface area contributed by atoms with Crippen molar-refractivity contribution in [1.82, 2.24) is 15.2 Å². The van der Waals surface area contributed by atoms with Gasteiger partial charge in [0, 0.05) is 31.1 Å². The van der Waals surface area contributed by atoms with Crippen molar-refractivity contribution in [3.8, 4) is 0 Å². The Kier molecular flexibility index (Phi) is 7.84. The second-order valence-electron chi connectivity index (χ2n) is 8.84. The van der Waals surface area contributed by atoms with Gasteiger partial charge in [-0.2, -0.15) is 0 Å². The quantitative estimate of drug-likeness (QED) is 0.691. The molecule has 0 saturated carbocycles. The minimum Gasteiger partial charge on any atom is -0.444 e. The zero-order valence-electron chi connectivity index (χ0n) is 18.7. The van der Waals surface area contributed by atoms with Gasteiger partial charge >= 0.3 is 6.09 Å². The fourth-order valence-corrected chi connectivity index (χ4v) is 4.14. The van der Waals surface area contributed by atoms with Gasteiger partial charge in [-0.3, -0.25) is 9.59 Å². The molecule has 0 aliphatic carbocycles. The summed E-state index contributed by atoms with van der Waals surface area (Å²) in [5.41, 5.74) is 0.256. The van der Waals surface area contributed by atoms with Crippen LogP contribution in [-0.4, -0.2) is 52.5 Å². The molecule has 2 unspecified atom stereocenters. The van der Waals surface area contributed by atoms with Gasteiger partial charge in [0.15, 0.2) is 5.13 Å². The number of nitrogens with one attached hydrogen (secondary N) is 2. The molecule has 32 heavy (non-hydrogen) atoms. The second-order valence-corrected chi connectivity index (χ2v) is 9.73. The first-order valence-corrected chi connectivity index (χ1v) is 11.6. The summed E-state index contributed by atoms with van der Waals surface area (Å²) < 4.78 is 5.37. The molecule has 2 aromatic rings. The molecule has 2 N–H and O–H groups in total. The fraction of sp³-hybridized carbons (Fsp3) is 0.478. The number of aromatic nitrogens is 1. The molecule has 1 fully saturated rings. The maximum atomic E-state index is 13.4. The molecule has 172 valence electrons. The van der Waals surface area contributed by atoms with Crippen LogP contribution in [0.3, 0.4) is 0 Å². The van der Waals surface area contributed by atoms with Gasteiger partial charge in [0.2, 0.25) is 11.8 Å². The van der Waals surface area contributed by atoms with Crippen molar-refractivity contribution in [2.24, 2.45) is 5.92 Å². The molecule has 1 aliphatic heterocycles. The van der Waals surface area contributed by atoms with Crippen LogP contribution in [0.4, 0.5) is 9.93 Å². The van der Waals surface area contributed by atoms with E-state index in [9.17, 15) is 14.4 Å². The first-order valence-electron chi connectivity index (χ1n) is 10.7. The van der Waals surface area contributed by atoms with Crippen molar-refractivity contribution in [3.05, 3.63) is 47.5 Å². The van der Waals surface area contributed by atoms with E-state index in [0.29, 0.717) is 37.5 Å². The maximum absolute atomic E-state index is 13.4. The number of nitrogens with zero attached hydrogens (tertiary/aromatic N) is 2. The Balaban J connectivity index is 1.69. The fourth-order valence-electron chi connectivity index (χ4n) is 3.60. The predicted molar refractivity (Wildman–Crippen MR) is 123 cm³/mol. The molecule has 3 rings (SSSR count). The van der Waals surface area contributed by atoms with Gasteiger partial charge in [0.1, 0.15) is 11.6 Å². The van der Waals surface area contributed by atoms with E-state index < -0.39 is 17.7 Å². The average molecular weight is 459 g/mol. The number of hydrogen-bond acceptors (Lipinski definition) is 6. The van der Waals surface area contributed by atoms with Crippen LogP contribution in [0.5, 0.6) is 0 Å². The van der Waals surface area contributed by atoms with E-state index >= 15 is 0 Å². The lowest BCUT2D eigenvalue weighted by atomic mass is 9.95. The van der Waals surface area contributed by atoms with E-state index in [1.807, 2.05) is 30.3 Å². The van der Waals surface area contributed by atoms with Gasteiger partial charge in [0.25, 0.3) is 0 Å². The lowest BCUT2D eigenvalue weighted by Gasteiger charge is -2.34. The Hall–Kier alpha value is -2.94. The molecule has 1 aromatic heterocycles. The largest absolute Gasteiger partial charge is 0.444 e. The van der Waals surface area contributed by atoms with Crippen molar-refractivity contribution >= 4 is 34.4 Å². The number of carbonyl (C=O) groups excluding carboxylic acids is 3. The summed E-state index contributed by atoms with van der Waals surface area (Å²) in [4.78, 5) is 44.2. The van der Waals surface area contributed by atoms with Crippen LogP contribution in [0.15, 0.2) is 41.9 Å². The zero-order valence-corrected chi connectivity index (χ0v) is 19.5. The van der Waals surface area contributed by atoms with Crippen LogP contribution in [0.2, 0.25) is 0 Å². The Labute approximate surface area is 192 Å². The third-order valence-electron chi connectivity index (χ3n) is 5.04. The highest BCUT2D eigenvalue weighted by Gasteiger charge is 2.33. The Morgan fingerprint density at radius 3 is 2.66 bits per heavy atom. The highest BCUT2D eigenvalue weighted by molar-refractivity contribution is 7.13. The number of ether oxygens (including phenoxy) is 1. The molecular weight excluding hydrogens is 428 g/mol. The number of anilines is 1. The number of carbonyl (C=O) groups is 3. The Morgan fingerprint density at radius 1 is 1.25 bits per heavy atom. The van der Waals surface area contributed by atoms with Gasteiger partial charge in [-0.25, -0.2) is 9.78 Å². The monoisotopic (exact) mass is 458 g/mol. The number of likely N-dealkylation sites (tertiary alicyclic amines) is 1. The Morgan fingerprint density at radius 2 is 2.00 bits per heavy atom. The summed E-state index contributed by atoms with van der Waals surface area (Å²) in [6, 6.07) is 8.73. The van der Waals surface area contributed by atoms with Crippen molar-refractivity contribution < 1.29 is 19.1 Å². The lowest BCUT2D eigenvalue weighted by Crippen LogP contribution is -2.53. The predicted octanol–water partition coefficient (Wildman–Crippen LogP) is 3.46. The number of piperidine rings is 1. The van der Waals surface area contributed by atoms with Crippen LogP contribution in [0, 0.1) is 5.92 Å². The molecule has 1 saturated heterocycles. The molecule has 3 amide bonds. The second kappa shape index (κ2) is 10.6.